The lowest BCUT2D eigenvalue weighted by Crippen LogP contribution is -2.31. The molecular formula is C14H21ClN2O2. The van der Waals surface area contributed by atoms with Gasteiger partial charge in [0.25, 0.3) is 0 Å². The fourth-order valence-corrected chi connectivity index (χ4v) is 1.84. The predicted octanol–water partition coefficient (Wildman–Crippen LogP) is 2.01. The van der Waals surface area contributed by atoms with Gasteiger partial charge < -0.3 is 15.4 Å². The number of amides is 1. The van der Waals surface area contributed by atoms with Gasteiger partial charge in [-0.3, -0.25) is 4.79 Å². The standard InChI is InChI=1S/C14H21ClN2O2/c1-10(16-2)6-7-17-14(18)8-11-4-5-12(19-3)9-13(11)15/h4-5,9-10,16H,6-8H2,1-3H3,(H,17,18)/t10-/m0/s1. The van der Waals surface area contributed by atoms with Crippen molar-refractivity contribution in [3.8, 4) is 5.75 Å². The number of hydrogen-bond acceptors (Lipinski definition) is 3. The molecule has 0 aliphatic heterocycles. The topological polar surface area (TPSA) is 50.4 Å². The molecule has 0 aromatic heterocycles. The molecule has 1 amide bonds. The van der Waals surface area contributed by atoms with Crippen LogP contribution in [0.5, 0.6) is 5.75 Å². The van der Waals surface area contributed by atoms with Gasteiger partial charge in [0.05, 0.1) is 13.5 Å². The van der Waals surface area contributed by atoms with E-state index >= 15 is 0 Å². The molecule has 19 heavy (non-hydrogen) atoms. The minimum absolute atomic E-state index is 0.0182. The van der Waals surface area contributed by atoms with Crippen molar-refractivity contribution in [1.82, 2.24) is 10.6 Å². The van der Waals surface area contributed by atoms with E-state index in [2.05, 4.69) is 17.6 Å². The molecule has 5 heteroatoms. The SMILES string of the molecule is CN[C@@H](C)CCNC(=O)Cc1ccc(OC)cc1Cl. The largest absolute Gasteiger partial charge is 0.497 e. The Morgan fingerprint density at radius 3 is 2.79 bits per heavy atom. The summed E-state index contributed by atoms with van der Waals surface area (Å²) in [4.78, 5) is 11.8. The number of hydrogen-bond donors (Lipinski definition) is 2. The van der Waals surface area contributed by atoms with Crippen molar-refractivity contribution in [2.45, 2.75) is 25.8 Å². The number of rotatable bonds is 7. The second kappa shape index (κ2) is 8.02. The van der Waals surface area contributed by atoms with Crippen LogP contribution in [-0.2, 0) is 11.2 Å². The third kappa shape index (κ3) is 5.49. The smallest absolute Gasteiger partial charge is 0.224 e. The Morgan fingerprint density at radius 2 is 2.21 bits per heavy atom. The molecule has 4 nitrogen and oxygen atoms in total. The third-order valence-corrected chi connectivity index (χ3v) is 3.36. The lowest BCUT2D eigenvalue weighted by molar-refractivity contribution is -0.120. The number of carbonyl (C=O) groups is 1. The maximum absolute atomic E-state index is 11.8. The zero-order valence-corrected chi connectivity index (χ0v) is 12.4. The monoisotopic (exact) mass is 284 g/mol. The van der Waals surface area contributed by atoms with Crippen LogP contribution in [0.2, 0.25) is 5.02 Å². The molecule has 0 aliphatic rings. The van der Waals surface area contributed by atoms with Crippen molar-refractivity contribution in [2.75, 3.05) is 20.7 Å². The first-order chi connectivity index (χ1) is 9.06. The van der Waals surface area contributed by atoms with E-state index in [0.717, 1.165) is 12.0 Å². The summed E-state index contributed by atoms with van der Waals surface area (Å²) in [7, 11) is 3.49. The summed E-state index contributed by atoms with van der Waals surface area (Å²) in [6.07, 6.45) is 1.19. The Balaban J connectivity index is 2.44. The van der Waals surface area contributed by atoms with Gasteiger partial charge in [-0.15, -0.1) is 0 Å². The molecule has 0 spiro atoms. The highest BCUT2D eigenvalue weighted by Gasteiger charge is 2.08. The Bertz CT molecular complexity index is 424. The second-order valence-corrected chi connectivity index (χ2v) is 4.87. The molecule has 0 bridgehead atoms. The van der Waals surface area contributed by atoms with Gasteiger partial charge in [-0.05, 0) is 38.1 Å². The maximum Gasteiger partial charge on any atom is 0.224 e. The number of halogens is 1. The number of methoxy groups -OCH3 is 1. The minimum Gasteiger partial charge on any atom is -0.497 e. The highest BCUT2D eigenvalue weighted by molar-refractivity contribution is 6.31. The zero-order valence-electron chi connectivity index (χ0n) is 11.6. The van der Waals surface area contributed by atoms with Crippen molar-refractivity contribution in [3.05, 3.63) is 28.8 Å². The lowest BCUT2D eigenvalue weighted by atomic mass is 10.1. The number of nitrogens with one attached hydrogen (secondary N) is 2. The van der Waals surface area contributed by atoms with Gasteiger partial charge >= 0.3 is 0 Å². The number of carbonyl (C=O) groups excluding carboxylic acids is 1. The van der Waals surface area contributed by atoms with Gasteiger partial charge in [0.1, 0.15) is 5.75 Å². The average molecular weight is 285 g/mol. The van der Waals surface area contributed by atoms with Gasteiger partial charge in [-0.2, -0.15) is 0 Å². The number of benzene rings is 1. The number of ether oxygens (including phenoxy) is 1. The normalized spacial score (nSPS) is 12.0. The van der Waals surface area contributed by atoms with Crippen LogP contribution in [0.3, 0.4) is 0 Å². The summed E-state index contributed by atoms with van der Waals surface area (Å²) >= 11 is 6.09. The molecule has 0 radical (unpaired) electrons. The molecule has 1 rings (SSSR count). The molecule has 0 saturated heterocycles. The van der Waals surface area contributed by atoms with Gasteiger partial charge in [0, 0.05) is 17.6 Å². The van der Waals surface area contributed by atoms with Crippen LogP contribution < -0.4 is 15.4 Å². The van der Waals surface area contributed by atoms with Crippen molar-refractivity contribution >= 4 is 17.5 Å². The molecule has 1 atom stereocenters. The first kappa shape index (κ1) is 15.8. The van der Waals surface area contributed by atoms with Crippen LogP contribution in [-0.4, -0.2) is 32.7 Å². The molecular weight excluding hydrogens is 264 g/mol. The average Bonchev–Trinajstić information content (AvgIpc) is 2.40. The van der Waals surface area contributed by atoms with Gasteiger partial charge in [0.15, 0.2) is 0 Å². The van der Waals surface area contributed by atoms with Gasteiger partial charge in [0.2, 0.25) is 5.91 Å². The van der Waals surface area contributed by atoms with E-state index in [1.165, 1.54) is 0 Å². The van der Waals surface area contributed by atoms with E-state index in [0.29, 0.717) is 23.4 Å². The van der Waals surface area contributed by atoms with Crippen LogP contribution in [0, 0.1) is 0 Å². The van der Waals surface area contributed by atoms with Crippen LogP contribution in [0.15, 0.2) is 18.2 Å². The van der Waals surface area contributed by atoms with Crippen LogP contribution in [0.25, 0.3) is 0 Å². The molecule has 1 aromatic carbocycles. The van der Waals surface area contributed by atoms with Crippen LogP contribution in [0.4, 0.5) is 0 Å². The molecule has 0 unspecified atom stereocenters. The summed E-state index contributed by atoms with van der Waals surface area (Å²) in [6.45, 7) is 2.74. The molecule has 2 N–H and O–H groups in total. The summed E-state index contributed by atoms with van der Waals surface area (Å²) in [5.41, 5.74) is 0.807. The van der Waals surface area contributed by atoms with Crippen molar-refractivity contribution < 1.29 is 9.53 Å². The Morgan fingerprint density at radius 1 is 1.47 bits per heavy atom. The second-order valence-electron chi connectivity index (χ2n) is 4.46. The van der Waals surface area contributed by atoms with Gasteiger partial charge in [-0.1, -0.05) is 17.7 Å². The fourth-order valence-electron chi connectivity index (χ4n) is 1.61. The van der Waals surface area contributed by atoms with Crippen LogP contribution in [0.1, 0.15) is 18.9 Å². The van der Waals surface area contributed by atoms with E-state index in [4.69, 9.17) is 16.3 Å². The van der Waals surface area contributed by atoms with Crippen molar-refractivity contribution in [2.24, 2.45) is 0 Å². The van der Waals surface area contributed by atoms with Crippen molar-refractivity contribution in [1.29, 1.82) is 0 Å². The summed E-state index contributed by atoms with van der Waals surface area (Å²) in [6, 6.07) is 5.73. The van der Waals surface area contributed by atoms with E-state index in [1.807, 2.05) is 13.1 Å². The molecule has 106 valence electrons. The summed E-state index contributed by atoms with van der Waals surface area (Å²) in [5, 5.41) is 6.56. The van der Waals surface area contributed by atoms with E-state index in [9.17, 15) is 4.79 Å². The molecule has 0 heterocycles. The maximum atomic E-state index is 11.8. The fraction of sp³-hybridized carbons (Fsp3) is 0.500. The Kier molecular flexibility index (Phi) is 6.67. The molecule has 0 aliphatic carbocycles. The predicted molar refractivity (Wildman–Crippen MR) is 77.9 cm³/mol. The first-order valence-corrected chi connectivity index (χ1v) is 6.71. The Labute approximate surface area is 119 Å². The lowest BCUT2D eigenvalue weighted by Gasteiger charge is -2.11. The summed E-state index contributed by atoms with van der Waals surface area (Å²) in [5.74, 6) is 0.673. The highest BCUT2D eigenvalue weighted by atomic mass is 35.5. The van der Waals surface area contributed by atoms with E-state index in [1.54, 1.807) is 19.2 Å². The van der Waals surface area contributed by atoms with Crippen LogP contribution >= 0.6 is 11.6 Å². The molecule has 0 saturated carbocycles. The van der Waals surface area contributed by atoms with E-state index < -0.39 is 0 Å². The molecule has 0 fully saturated rings. The minimum atomic E-state index is -0.0182. The molecule has 1 aromatic rings. The van der Waals surface area contributed by atoms with Gasteiger partial charge in [-0.25, -0.2) is 0 Å². The third-order valence-electron chi connectivity index (χ3n) is 3.00. The van der Waals surface area contributed by atoms with Crippen molar-refractivity contribution in [3.63, 3.8) is 0 Å². The van der Waals surface area contributed by atoms with E-state index in [-0.39, 0.29) is 12.3 Å². The quantitative estimate of drug-likeness (QED) is 0.805. The highest BCUT2D eigenvalue weighted by Crippen LogP contribution is 2.22. The first-order valence-electron chi connectivity index (χ1n) is 6.33. The zero-order chi connectivity index (χ0) is 14.3. The summed E-state index contributed by atoms with van der Waals surface area (Å²) < 4.78 is 5.07. The Hall–Kier alpha value is -1.26.